The number of ether oxygens (including phenoxy) is 1. The molecular weight excluding hydrogens is 256 g/mol. The van der Waals surface area contributed by atoms with E-state index < -0.39 is 0 Å². The van der Waals surface area contributed by atoms with E-state index in [0.717, 1.165) is 11.4 Å². The van der Waals surface area contributed by atoms with Crippen LogP contribution < -0.4 is 4.90 Å². The van der Waals surface area contributed by atoms with Crippen LogP contribution in [0.5, 0.6) is 0 Å². The largest absolute Gasteiger partial charge is 0.355 e. The van der Waals surface area contributed by atoms with Gasteiger partial charge in [-0.05, 0) is 19.1 Å². The number of anilines is 1. The fourth-order valence-electron chi connectivity index (χ4n) is 2.56. The molecule has 1 atom stereocenters. The van der Waals surface area contributed by atoms with Crippen molar-refractivity contribution in [3.8, 4) is 0 Å². The van der Waals surface area contributed by atoms with Crippen LogP contribution in [0.1, 0.15) is 17.3 Å². The second-order valence-corrected chi connectivity index (χ2v) is 4.89. The molecule has 0 saturated carbocycles. The highest BCUT2D eigenvalue weighted by molar-refractivity contribution is 6.14. The summed E-state index contributed by atoms with van der Waals surface area (Å²) in [6.07, 6.45) is -0.331. The quantitative estimate of drug-likeness (QED) is 0.775. The first-order valence-corrected chi connectivity index (χ1v) is 6.41. The predicted molar refractivity (Wildman–Crippen MR) is 77.2 cm³/mol. The number of para-hydroxylation sites is 1. The van der Waals surface area contributed by atoms with Gasteiger partial charge in [0, 0.05) is 14.2 Å². The average molecular weight is 272 g/mol. The third-order valence-electron chi connectivity index (χ3n) is 3.54. The van der Waals surface area contributed by atoms with Crippen LogP contribution in [0, 0.1) is 0 Å². The zero-order valence-electron chi connectivity index (χ0n) is 11.7. The molecule has 3 rings (SSSR count). The van der Waals surface area contributed by atoms with Crippen molar-refractivity contribution in [2.45, 2.75) is 13.2 Å². The molecule has 104 valence electrons. The number of amidine groups is 1. The summed E-state index contributed by atoms with van der Waals surface area (Å²) in [7, 11) is 3.39. The molecule has 0 radical (unpaired) electrons. The summed E-state index contributed by atoms with van der Waals surface area (Å²) in [5.41, 5.74) is 2.22. The zero-order chi connectivity index (χ0) is 14.3. The molecule has 2 aliphatic rings. The number of nitrogens with zero attached hydrogens (tertiary/aromatic N) is 4. The van der Waals surface area contributed by atoms with Crippen molar-refractivity contribution in [2.75, 3.05) is 25.6 Å². The van der Waals surface area contributed by atoms with Crippen LogP contribution in [0.25, 0.3) is 0 Å². The van der Waals surface area contributed by atoms with Gasteiger partial charge in [-0.2, -0.15) is 5.10 Å². The van der Waals surface area contributed by atoms with Crippen molar-refractivity contribution >= 4 is 23.1 Å². The number of hydrogen-bond donors (Lipinski definition) is 0. The number of benzene rings is 1. The van der Waals surface area contributed by atoms with E-state index in [1.165, 1.54) is 0 Å². The number of carbonyl (C=O) groups excluding carboxylic acids is 1. The number of fused-ring (bicyclic) bond motifs is 3. The molecule has 0 spiro atoms. The van der Waals surface area contributed by atoms with E-state index in [0.29, 0.717) is 17.9 Å². The molecule has 0 aliphatic carbocycles. The third kappa shape index (κ3) is 1.80. The highest BCUT2D eigenvalue weighted by atomic mass is 16.5. The number of amides is 1. The van der Waals surface area contributed by atoms with Crippen molar-refractivity contribution in [2.24, 2.45) is 10.2 Å². The first kappa shape index (κ1) is 12.8. The molecule has 20 heavy (non-hydrogen) atoms. The van der Waals surface area contributed by atoms with Crippen molar-refractivity contribution < 1.29 is 9.53 Å². The molecule has 0 aromatic heterocycles. The monoisotopic (exact) mass is 272 g/mol. The van der Waals surface area contributed by atoms with Gasteiger partial charge in [0.25, 0.3) is 5.91 Å². The lowest BCUT2D eigenvalue weighted by Gasteiger charge is -2.34. The lowest BCUT2D eigenvalue weighted by molar-refractivity contribution is 0.0817. The summed E-state index contributed by atoms with van der Waals surface area (Å²) >= 11 is 0. The molecule has 6 heteroatoms. The van der Waals surface area contributed by atoms with Crippen LogP contribution in [0.15, 0.2) is 34.5 Å². The maximum Gasteiger partial charge on any atom is 0.256 e. The van der Waals surface area contributed by atoms with Crippen LogP contribution in [0.3, 0.4) is 0 Å². The molecular formula is C14H16N4O2. The summed E-state index contributed by atoms with van der Waals surface area (Å²) in [5, 5.41) is 8.37. The van der Waals surface area contributed by atoms with E-state index in [4.69, 9.17) is 4.74 Å². The minimum absolute atomic E-state index is 0.0230. The molecule has 1 aromatic carbocycles. The van der Waals surface area contributed by atoms with E-state index in [1.54, 1.807) is 19.1 Å². The van der Waals surface area contributed by atoms with E-state index in [2.05, 4.69) is 10.2 Å². The molecule has 1 aromatic rings. The predicted octanol–water partition coefficient (Wildman–Crippen LogP) is 1.34. The van der Waals surface area contributed by atoms with Crippen molar-refractivity contribution in [3.63, 3.8) is 0 Å². The SMILES string of the molecule is COC1C(C)=NN=C2CN(C)C(=O)c3ccccc3N21. The van der Waals surface area contributed by atoms with Gasteiger partial charge in [0.1, 0.15) is 0 Å². The molecule has 2 aliphatic heterocycles. The maximum absolute atomic E-state index is 12.4. The van der Waals surface area contributed by atoms with Crippen LogP contribution in [-0.4, -0.2) is 49.3 Å². The summed E-state index contributed by atoms with van der Waals surface area (Å²) < 4.78 is 5.54. The summed E-state index contributed by atoms with van der Waals surface area (Å²) in [5.74, 6) is 0.688. The molecule has 2 heterocycles. The number of likely N-dealkylation sites (N-methyl/N-ethyl adjacent to an activating group) is 1. The zero-order valence-corrected chi connectivity index (χ0v) is 11.7. The summed E-state index contributed by atoms with van der Waals surface area (Å²) in [6, 6.07) is 7.50. The average Bonchev–Trinajstić information content (AvgIpc) is 2.57. The second kappa shape index (κ2) is 4.72. The smallest absolute Gasteiger partial charge is 0.256 e. The lowest BCUT2D eigenvalue weighted by Crippen LogP contribution is -2.50. The Bertz CT molecular complexity index is 623. The third-order valence-corrected chi connectivity index (χ3v) is 3.54. The van der Waals surface area contributed by atoms with Gasteiger partial charge in [-0.3, -0.25) is 9.69 Å². The van der Waals surface area contributed by atoms with Crippen LogP contribution in [-0.2, 0) is 4.74 Å². The van der Waals surface area contributed by atoms with Gasteiger partial charge in [-0.1, -0.05) is 12.1 Å². The first-order valence-electron chi connectivity index (χ1n) is 6.41. The Balaban J connectivity index is 2.21. The van der Waals surface area contributed by atoms with E-state index >= 15 is 0 Å². The molecule has 0 N–H and O–H groups in total. The van der Waals surface area contributed by atoms with Gasteiger partial charge >= 0.3 is 0 Å². The Morgan fingerprint density at radius 2 is 2.05 bits per heavy atom. The van der Waals surface area contributed by atoms with E-state index in [9.17, 15) is 4.79 Å². The van der Waals surface area contributed by atoms with E-state index in [1.807, 2.05) is 36.1 Å². The Morgan fingerprint density at radius 1 is 1.30 bits per heavy atom. The topological polar surface area (TPSA) is 57.5 Å². The summed E-state index contributed by atoms with van der Waals surface area (Å²) in [6.45, 7) is 2.28. The minimum Gasteiger partial charge on any atom is -0.355 e. The summed E-state index contributed by atoms with van der Waals surface area (Å²) in [4.78, 5) is 16.0. The number of rotatable bonds is 1. The van der Waals surface area contributed by atoms with Crippen molar-refractivity contribution in [1.82, 2.24) is 4.90 Å². The number of carbonyl (C=O) groups is 1. The molecule has 6 nitrogen and oxygen atoms in total. The van der Waals surface area contributed by atoms with Gasteiger partial charge in [0.15, 0.2) is 12.1 Å². The molecule has 1 amide bonds. The van der Waals surface area contributed by atoms with Gasteiger partial charge < -0.3 is 9.64 Å². The van der Waals surface area contributed by atoms with Crippen LogP contribution in [0.4, 0.5) is 5.69 Å². The second-order valence-electron chi connectivity index (χ2n) is 4.89. The first-order chi connectivity index (χ1) is 9.63. The Hall–Kier alpha value is -2.21. The number of methoxy groups -OCH3 is 1. The maximum atomic E-state index is 12.4. The molecule has 0 saturated heterocycles. The Kier molecular flexibility index (Phi) is 3.02. The minimum atomic E-state index is -0.331. The van der Waals surface area contributed by atoms with E-state index in [-0.39, 0.29) is 12.1 Å². The molecule has 0 fully saturated rings. The number of hydrogen-bond acceptors (Lipinski definition) is 5. The van der Waals surface area contributed by atoms with Crippen molar-refractivity contribution in [3.05, 3.63) is 29.8 Å². The Labute approximate surface area is 117 Å². The fraction of sp³-hybridized carbons (Fsp3) is 0.357. The van der Waals surface area contributed by atoms with Gasteiger partial charge in [0.05, 0.1) is 23.5 Å². The Morgan fingerprint density at radius 3 is 2.80 bits per heavy atom. The highest BCUT2D eigenvalue weighted by Crippen LogP contribution is 2.29. The lowest BCUT2D eigenvalue weighted by atomic mass is 10.1. The highest BCUT2D eigenvalue weighted by Gasteiger charge is 2.35. The van der Waals surface area contributed by atoms with Crippen LogP contribution in [0.2, 0.25) is 0 Å². The van der Waals surface area contributed by atoms with Crippen LogP contribution >= 0.6 is 0 Å². The molecule has 0 bridgehead atoms. The van der Waals surface area contributed by atoms with Gasteiger partial charge in [-0.25, -0.2) is 0 Å². The molecule has 1 unspecified atom stereocenters. The van der Waals surface area contributed by atoms with Gasteiger partial charge in [-0.15, -0.1) is 5.10 Å². The fourth-order valence-corrected chi connectivity index (χ4v) is 2.56. The standard InChI is InChI=1S/C14H16N4O2/c1-9-14(20-3)18-11-7-5-4-6-10(11)13(19)17(2)8-12(18)16-15-9/h4-7,14H,8H2,1-3H3. The normalized spacial score (nSPS) is 21.8. The van der Waals surface area contributed by atoms with Crippen molar-refractivity contribution in [1.29, 1.82) is 0 Å². The van der Waals surface area contributed by atoms with Gasteiger partial charge in [0.2, 0.25) is 0 Å².